The molecule has 1 aliphatic carbocycles. The molecule has 1 atom stereocenters. The van der Waals surface area contributed by atoms with E-state index in [0.717, 1.165) is 18.6 Å². The normalized spacial score (nSPS) is 35.4. The van der Waals surface area contributed by atoms with Crippen molar-refractivity contribution in [1.82, 2.24) is 0 Å². The summed E-state index contributed by atoms with van der Waals surface area (Å²) < 4.78 is 10.1. The van der Waals surface area contributed by atoms with Crippen LogP contribution in [0.4, 0.5) is 0 Å². The van der Waals surface area contributed by atoms with E-state index < -0.39 is 5.60 Å². The topological polar surface area (TPSA) is 38.8 Å². The summed E-state index contributed by atoms with van der Waals surface area (Å²) in [7, 11) is 1.59. The van der Waals surface area contributed by atoms with Gasteiger partial charge in [0.05, 0.1) is 19.5 Å². The van der Waals surface area contributed by atoms with Crippen molar-refractivity contribution in [3.63, 3.8) is 0 Å². The molecule has 1 spiro atoms. The van der Waals surface area contributed by atoms with E-state index in [9.17, 15) is 4.79 Å². The molecule has 0 amide bonds. The lowest BCUT2D eigenvalue weighted by Gasteiger charge is -2.15. The summed E-state index contributed by atoms with van der Waals surface area (Å²) in [5, 5.41) is 0. The number of methoxy groups -OCH3 is 1. The summed E-state index contributed by atoms with van der Waals surface area (Å²) in [6.45, 7) is 0.597. The van der Waals surface area contributed by atoms with Crippen molar-refractivity contribution in [2.24, 2.45) is 0 Å². The van der Waals surface area contributed by atoms with Crippen LogP contribution in [0.1, 0.15) is 12.8 Å². The van der Waals surface area contributed by atoms with E-state index in [4.69, 9.17) is 9.47 Å². The van der Waals surface area contributed by atoms with Gasteiger partial charge in [0, 0.05) is 12.5 Å². The first-order valence-electron chi connectivity index (χ1n) is 3.70. The smallest absolute Gasteiger partial charge is 0.193 e. The van der Waals surface area contributed by atoms with Crippen molar-refractivity contribution in [1.29, 1.82) is 0 Å². The Morgan fingerprint density at radius 2 is 2.45 bits per heavy atom. The van der Waals surface area contributed by atoms with Crippen LogP contribution in [0.25, 0.3) is 0 Å². The first kappa shape index (κ1) is 6.85. The number of ketones is 1. The maximum atomic E-state index is 11.3. The maximum absolute atomic E-state index is 11.3. The van der Waals surface area contributed by atoms with Gasteiger partial charge in [0.2, 0.25) is 0 Å². The summed E-state index contributed by atoms with van der Waals surface area (Å²) in [5.41, 5.74) is -0.429. The molecule has 1 heterocycles. The molecule has 2 rings (SSSR count). The molecular weight excluding hydrogens is 144 g/mol. The molecule has 1 fully saturated rings. The Balaban J connectivity index is 2.18. The molecule has 0 aromatic carbocycles. The van der Waals surface area contributed by atoms with E-state index in [1.807, 2.05) is 0 Å². The molecule has 2 aliphatic rings. The number of hydrogen-bond acceptors (Lipinski definition) is 3. The van der Waals surface area contributed by atoms with Gasteiger partial charge in [-0.2, -0.15) is 0 Å². The molecule has 0 bridgehead atoms. The molecule has 1 aliphatic heterocycles. The van der Waals surface area contributed by atoms with E-state index >= 15 is 0 Å². The van der Waals surface area contributed by atoms with Crippen LogP contribution in [0.3, 0.4) is 0 Å². The van der Waals surface area contributed by atoms with Crippen LogP contribution in [-0.4, -0.2) is 25.1 Å². The summed E-state index contributed by atoms with van der Waals surface area (Å²) in [6.07, 6.45) is 3.16. The van der Waals surface area contributed by atoms with Crippen molar-refractivity contribution in [2.75, 3.05) is 13.7 Å². The average Bonchev–Trinajstić information content (AvgIpc) is 2.77. The lowest BCUT2D eigenvalue weighted by molar-refractivity contribution is -0.120. The highest BCUT2D eigenvalue weighted by atomic mass is 16.6. The van der Waals surface area contributed by atoms with Gasteiger partial charge in [-0.25, -0.2) is 0 Å². The zero-order valence-electron chi connectivity index (χ0n) is 6.42. The molecule has 1 saturated heterocycles. The van der Waals surface area contributed by atoms with Crippen LogP contribution in [0, 0.1) is 0 Å². The van der Waals surface area contributed by atoms with E-state index in [1.165, 1.54) is 0 Å². The lowest BCUT2D eigenvalue weighted by Crippen LogP contribution is -2.26. The van der Waals surface area contributed by atoms with E-state index in [0.29, 0.717) is 6.61 Å². The second-order valence-electron chi connectivity index (χ2n) is 2.96. The fourth-order valence-electron chi connectivity index (χ4n) is 1.33. The molecule has 0 aromatic rings. The van der Waals surface area contributed by atoms with E-state index in [2.05, 4.69) is 0 Å². The van der Waals surface area contributed by atoms with Crippen molar-refractivity contribution < 1.29 is 14.3 Å². The number of hydrogen-bond donors (Lipinski definition) is 0. The minimum Gasteiger partial charge on any atom is -0.501 e. The first-order chi connectivity index (χ1) is 5.27. The maximum Gasteiger partial charge on any atom is 0.193 e. The molecule has 0 N–H and O–H groups in total. The van der Waals surface area contributed by atoms with E-state index in [-0.39, 0.29) is 5.78 Å². The Bertz CT molecular complexity index is 225. The van der Waals surface area contributed by atoms with Crippen LogP contribution in [0.2, 0.25) is 0 Å². The van der Waals surface area contributed by atoms with Crippen LogP contribution < -0.4 is 0 Å². The predicted molar refractivity (Wildman–Crippen MR) is 38.0 cm³/mol. The van der Waals surface area contributed by atoms with Gasteiger partial charge in [0.25, 0.3) is 0 Å². The highest BCUT2D eigenvalue weighted by Crippen LogP contribution is 2.38. The fourth-order valence-corrected chi connectivity index (χ4v) is 1.33. The third kappa shape index (κ3) is 0.959. The van der Waals surface area contributed by atoms with Crippen molar-refractivity contribution in [3.8, 4) is 0 Å². The van der Waals surface area contributed by atoms with Crippen molar-refractivity contribution in [3.05, 3.63) is 11.8 Å². The highest BCUT2D eigenvalue weighted by molar-refractivity contribution is 6.00. The summed E-state index contributed by atoms with van der Waals surface area (Å²) >= 11 is 0. The number of carbonyl (C=O) groups excluding carboxylic acids is 1. The molecular formula is C8H10O3. The van der Waals surface area contributed by atoms with Gasteiger partial charge in [-0.3, -0.25) is 4.79 Å². The fraction of sp³-hybridized carbons (Fsp3) is 0.625. The first-order valence-corrected chi connectivity index (χ1v) is 3.70. The zero-order chi connectivity index (χ0) is 7.90. The van der Waals surface area contributed by atoms with Crippen LogP contribution in [0.5, 0.6) is 0 Å². The van der Waals surface area contributed by atoms with E-state index in [1.54, 1.807) is 13.2 Å². The number of rotatable bonds is 1. The molecule has 60 valence electrons. The Labute approximate surface area is 65.0 Å². The molecule has 1 unspecified atom stereocenters. The standard InChI is InChI=1S/C8H10O3/c1-10-6-2-3-8(5-11-8)7(9)4-6/h4H,2-3,5H2,1H3. The van der Waals surface area contributed by atoms with Crippen molar-refractivity contribution in [2.45, 2.75) is 18.4 Å². The molecule has 11 heavy (non-hydrogen) atoms. The third-order valence-corrected chi connectivity index (χ3v) is 2.27. The van der Waals surface area contributed by atoms with Crippen molar-refractivity contribution >= 4 is 5.78 Å². The Kier molecular flexibility index (Phi) is 1.29. The highest BCUT2D eigenvalue weighted by Gasteiger charge is 2.52. The summed E-state index contributed by atoms with van der Waals surface area (Å²) in [5.74, 6) is 0.844. The minimum atomic E-state index is -0.429. The monoisotopic (exact) mass is 154 g/mol. The second-order valence-corrected chi connectivity index (χ2v) is 2.96. The number of carbonyl (C=O) groups is 1. The van der Waals surface area contributed by atoms with Crippen LogP contribution in [0.15, 0.2) is 11.8 Å². The second kappa shape index (κ2) is 2.08. The van der Waals surface area contributed by atoms with Crippen LogP contribution in [-0.2, 0) is 14.3 Å². The molecule has 3 heteroatoms. The van der Waals surface area contributed by atoms with Gasteiger partial charge in [-0.05, 0) is 6.42 Å². The largest absolute Gasteiger partial charge is 0.501 e. The summed E-state index contributed by atoms with van der Waals surface area (Å²) in [6, 6.07) is 0. The Morgan fingerprint density at radius 1 is 1.73 bits per heavy atom. The molecule has 3 nitrogen and oxygen atoms in total. The average molecular weight is 154 g/mol. The number of allylic oxidation sites excluding steroid dienone is 1. The van der Waals surface area contributed by atoms with Gasteiger partial charge in [0.1, 0.15) is 0 Å². The van der Waals surface area contributed by atoms with Crippen LogP contribution >= 0.6 is 0 Å². The Morgan fingerprint density at radius 3 is 2.91 bits per heavy atom. The van der Waals surface area contributed by atoms with Gasteiger partial charge in [0.15, 0.2) is 11.4 Å². The summed E-state index contributed by atoms with van der Waals surface area (Å²) in [4.78, 5) is 11.3. The number of ether oxygens (including phenoxy) is 2. The predicted octanol–water partition coefficient (Wildman–Crippen LogP) is 0.649. The number of epoxide rings is 1. The zero-order valence-corrected chi connectivity index (χ0v) is 6.42. The molecule has 0 saturated carbocycles. The quantitative estimate of drug-likeness (QED) is 0.520. The SMILES string of the molecule is COC1=CC(=O)C2(CC1)CO2. The van der Waals surface area contributed by atoms with Gasteiger partial charge in [-0.1, -0.05) is 0 Å². The van der Waals surface area contributed by atoms with Gasteiger partial charge in [-0.15, -0.1) is 0 Å². The third-order valence-electron chi connectivity index (χ3n) is 2.27. The minimum absolute atomic E-state index is 0.0700. The lowest BCUT2D eigenvalue weighted by atomic mass is 9.93. The molecule has 0 aromatic heterocycles. The Hall–Kier alpha value is -0.830. The molecule has 0 radical (unpaired) electrons. The van der Waals surface area contributed by atoms with Gasteiger partial charge < -0.3 is 9.47 Å². The van der Waals surface area contributed by atoms with Gasteiger partial charge >= 0.3 is 0 Å².